The molecule has 0 fully saturated rings. The summed E-state index contributed by atoms with van der Waals surface area (Å²) < 4.78 is 38.2. The van der Waals surface area contributed by atoms with Gasteiger partial charge in [-0.15, -0.1) is 0 Å². The fourth-order valence-corrected chi connectivity index (χ4v) is 1.82. The fraction of sp³-hybridized carbons (Fsp3) is 0.462. The first-order valence-electron chi connectivity index (χ1n) is 5.80. The Bertz CT molecular complexity index is 478. The van der Waals surface area contributed by atoms with Gasteiger partial charge in [-0.1, -0.05) is 0 Å². The standard InChI is InChI=1S/C13H15F3N2O/c1-8(5-9(2)19)18-11-4-3-10(7-17)12(6-11)13(14,15)16/h3-4,6,8-9,18-19H,5H2,1-2H3. The molecule has 0 bridgehead atoms. The van der Waals surface area contributed by atoms with Gasteiger partial charge in [-0.25, -0.2) is 0 Å². The molecule has 1 rings (SSSR count). The van der Waals surface area contributed by atoms with E-state index in [1.807, 2.05) is 0 Å². The number of rotatable bonds is 4. The molecule has 2 unspecified atom stereocenters. The molecular formula is C13H15F3N2O. The number of hydrogen-bond acceptors (Lipinski definition) is 3. The van der Waals surface area contributed by atoms with E-state index in [9.17, 15) is 18.3 Å². The quantitative estimate of drug-likeness (QED) is 0.885. The average molecular weight is 272 g/mol. The Morgan fingerprint density at radius 1 is 1.37 bits per heavy atom. The molecule has 2 N–H and O–H groups in total. The highest BCUT2D eigenvalue weighted by Gasteiger charge is 2.33. The van der Waals surface area contributed by atoms with E-state index in [1.54, 1.807) is 13.8 Å². The van der Waals surface area contributed by atoms with Gasteiger partial charge in [0.1, 0.15) is 0 Å². The maximum absolute atomic E-state index is 12.7. The minimum atomic E-state index is -4.56. The Hall–Kier alpha value is -1.74. The summed E-state index contributed by atoms with van der Waals surface area (Å²) in [6.07, 6.45) is -4.68. The fourth-order valence-electron chi connectivity index (χ4n) is 1.82. The van der Waals surface area contributed by atoms with Crippen LogP contribution in [0.5, 0.6) is 0 Å². The number of benzene rings is 1. The van der Waals surface area contributed by atoms with E-state index in [-0.39, 0.29) is 11.7 Å². The van der Waals surface area contributed by atoms with Gasteiger partial charge in [-0.05, 0) is 38.5 Å². The maximum Gasteiger partial charge on any atom is 0.417 e. The second-order valence-corrected chi connectivity index (χ2v) is 4.50. The molecule has 0 aliphatic rings. The summed E-state index contributed by atoms with van der Waals surface area (Å²) in [4.78, 5) is 0. The lowest BCUT2D eigenvalue weighted by Crippen LogP contribution is -2.21. The average Bonchev–Trinajstić information content (AvgIpc) is 2.26. The number of aliphatic hydroxyl groups excluding tert-OH is 1. The first-order valence-corrected chi connectivity index (χ1v) is 5.80. The van der Waals surface area contributed by atoms with Crippen LogP contribution in [0.2, 0.25) is 0 Å². The highest BCUT2D eigenvalue weighted by molar-refractivity contribution is 5.53. The SMILES string of the molecule is CC(O)CC(C)Nc1ccc(C#N)c(C(F)(F)F)c1. The number of alkyl halides is 3. The number of halogens is 3. The first kappa shape index (κ1) is 15.3. The van der Waals surface area contributed by atoms with Crippen LogP contribution in [0.3, 0.4) is 0 Å². The van der Waals surface area contributed by atoms with Gasteiger partial charge in [0.05, 0.1) is 23.3 Å². The zero-order chi connectivity index (χ0) is 14.6. The minimum Gasteiger partial charge on any atom is -0.393 e. The number of hydrogen-bond donors (Lipinski definition) is 2. The Morgan fingerprint density at radius 3 is 2.47 bits per heavy atom. The number of nitriles is 1. The van der Waals surface area contributed by atoms with Crippen molar-refractivity contribution in [2.45, 2.75) is 38.6 Å². The number of nitrogens with one attached hydrogen (secondary N) is 1. The third-order valence-electron chi connectivity index (χ3n) is 2.55. The normalized spacial score (nSPS) is 14.6. The van der Waals surface area contributed by atoms with E-state index in [4.69, 9.17) is 5.26 Å². The van der Waals surface area contributed by atoms with E-state index in [0.717, 1.165) is 12.1 Å². The number of nitrogens with zero attached hydrogens (tertiary/aromatic N) is 1. The zero-order valence-electron chi connectivity index (χ0n) is 10.6. The van der Waals surface area contributed by atoms with Crippen molar-refractivity contribution in [2.24, 2.45) is 0 Å². The lowest BCUT2D eigenvalue weighted by atomic mass is 10.1. The number of aliphatic hydroxyl groups is 1. The minimum absolute atomic E-state index is 0.172. The zero-order valence-corrected chi connectivity index (χ0v) is 10.6. The highest BCUT2D eigenvalue weighted by atomic mass is 19.4. The molecule has 19 heavy (non-hydrogen) atoms. The molecule has 2 atom stereocenters. The van der Waals surface area contributed by atoms with Crippen molar-refractivity contribution in [3.8, 4) is 6.07 Å². The van der Waals surface area contributed by atoms with Crippen LogP contribution >= 0.6 is 0 Å². The van der Waals surface area contributed by atoms with Crippen LogP contribution in [-0.2, 0) is 6.18 Å². The molecule has 0 spiro atoms. The summed E-state index contributed by atoms with van der Waals surface area (Å²) in [5.41, 5.74) is -1.08. The third kappa shape index (κ3) is 4.45. The van der Waals surface area contributed by atoms with Gasteiger partial charge >= 0.3 is 6.18 Å². The third-order valence-corrected chi connectivity index (χ3v) is 2.55. The molecule has 0 saturated carbocycles. The van der Waals surface area contributed by atoms with Crippen LogP contribution in [0.1, 0.15) is 31.4 Å². The van der Waals surface area contributed by atoms with Crippen molar-refractivity contribution in [1.82, 2.24) is 0 Å². The summed E-state index contributed by atoms with van der Waals surface area (Å²) in [6.45, 7) is 3.37. The van der Waals surface area contributed by atoms with E-state index in [1.165, 1.54) is 12.1 Å². The van der Waals surface area contributed by atoms with Crippen LogP contribution < -0.4 is 5.32 Å². The van der Waals surface area contributed by atoms with Crippen molar-refractivity contribution in [2.75, 3.05) is 5.32 Å². The lowest BCUT2D eigenvalue weighted by Gasteiger charge is -2.18. The largest absolute Gasteiger partial charge is 0.417 e. The Balaban J connectivity index is 2.97. The van der Waals surface area contributed by atoms with Gasteiger partial charge in [0, 0.05) is 11.7 Å². The Morgan fingerprint density at radius 2 is 2.00 bits per heavy atom. The monoisotopic (exact) mass is 272 g/mol. The summed E-state index contributed by atoms with van der Waals surface area (Å²) in [7, 11) is 0. The molecule has 0 aromatic heterocycles. The van der Waals surface area contributed by atoms with E-state index >= 15 is 0 Å². The topological polar surface area (TPSA) is 56.0 Å². The summed E-state index contributed by atoms with van der Waals surface area (Å²) >= 11 is 0. The Labute approximate surface area is 109 Å². The number of anilines is 1. The van der Waals surface area contributed by atoms with Crippen molar-refractivity contribution in [3.05, 3.63) is 29.3 Å². The van der Waals surface area contributed by atoms with Gasteiger partial charge in [-0.3, -0.25) is 0 Å². The molecule has 6 heteroatoms. The molecule has 104 valence electrons. The highest BCUT2D eigenvalue weighted by Crippen LogP contribution is 2.33. The molecule has 0 radical (unpaired) electrons. The van der Waals surface area contributed by atoms with E-state index in [0.29, 0.717) is 6.42 Å². The molecular weight excluding hydrogens is 257 g/mol. The van der Waals surface area contributed by atoms with Gasteiger partial charge in [0.25, 0.3) is 0 Å². The smallest absolute Gasteiger partial charge is 0.393 e. The van der Waals surface area contributed by atoms with Crippen LogP contribution in [0.25, 0.3) is 0 Å². The molecule has 3 nitrogen and oxygen atoms in total. The van der Waals surface area contributed by atoms with E-state index < -0.39 is 23.4 Å². The van der Waals surface area contributed by atoms with Crippen LogP contribution in [-0.4, -0.2) is 17.3 Å². The molecule has 0 saturated heterocycles. The summed E-state index contributed by atoms with van der Waals surface area (Å²) in [6, 6.07) is 4.83. The molecule has 0 aliphatic carbocycles. The van der Waals surface area contributed by atoms with Crippen molar-refractivity contribution in [1.29, 1.82) is 5.26 Å². The van der Waals surface area contributed by atoms with Crippen molar-refractivity contribution < 1.29 is 18.3 Å². The van der Waals surface area contributed by atoms with Crippen LogP contribution in [0.15, 0.2) is 18.2 Å². The molecule has 0 amide bonds. The van der Waals surface area contributed by atoms with Crippen molar-refractivity contribution >= 4 is 5.69 Å². The van der Waals surface area contributed by atoms with Gasteiger partial charge in [-0.2, -0.15) is 18.4 Å². The molecule has 1 aromatic rings. The van der Waals surface area contributed by atoms with Crippen LogP contribution in [0.4, 0.5) is 18.9 Å². The van der Waals surface area contributed by atoms with Crippen molar-refractivity contribution in [3.63, 3.8) is 0 Å². The maximum atomic E-state index is 12.7. The first-order chi connectivity index (χ1) is 8.74. The molecule has 0 heterocycles. The van der Waals surface area contributed by atoms with Gasteiger partial charge in [0.15, 0.2) is 0 Å². The van der Waals surface area contributed by atoms with Gasteiger partial charge < -0.3 is 10.4 Å². The second kappa shape index (κ2) is 5.93. The van der Waals surface area contributed by atoms with Gasteiger partial charge in [0.2, 0.25) is 0 Å². The Kier molecular flexibility index (Phi) is 4.78. The molecule has 1 aromatic carbocycles. The predicted octanol–water partition coefficient (Wildman–Crippen LogP) is 3.15. The van der Waals surface area contributed by atoms with Crippen LogP contribution in [0, 0.1) is 11.3 Å². The lowest BCUT2D eigenvalue weighted by molar-refractivity contribution is -0.137. The summed E-state index contributed by atoms with van der Waals surface area (Å²) in [5.74, 6) is 0. The molecule has 0 aliphatic heterocycles. The second-order valence-electron chi connectivity index (χ2n) is 4.50. The van der Waals surface area contributed by atoms with E-state index in [2.05, 4.69) is 5.32 Å². The predicted molar refractivity (Wildman–Crippen MR) is 65.5 cm³/mol. The summed E-state index contributed by atoms with van der Waals surface area (Å²) in [5, 5.41) is 20.7.